The summed E-state index contributed by atoms with van der Waals surface area (Å²) in [6.45, 7) is 7.67. The number of ether oxygens (including phenoxy) is 1. The Morgan fingerprint density at radius 3 is 2.94 bits per heavy atom. The van der Waals surface area contributed by atoms with Crippen LogP contribution in [0.4, 0.5) is 10.8 Å². The number of amidine groups is 1. The Labute approximate surface area is 195 Å². The molecule has 0 atom stereocenters. The van der Waals surface area contributed by atoms with Crippen LogP contribution in [-0.2, 0) is 4.74 Å². The molecule has 11 heteroatoms. The zero-order chi connectivity index (χ0) is 22.5. The molecular formula is C21H26ClN7O2S. The molecule has 2 aliphatic rings. The number of hydrogen-bond donors (Lipinski definition) is 3. The van der Waals surface area contributed by atoms with Gasteiger partial charge in [0.1, 0.15) is 16.5 Å². The van der Waals surface area contributed by atoms with Crippen molar-refractivity contribution in [1.29, 1.82) is 0 Å². The van der Waals surface area contributed by atoms with Gasteiger partial charge in [-0.3, -0.25) is 9.69 Å². The van der Waals surface area contributed by atoms with E-state index in [0.29, 0.717) is 27.5 Å². The van der Waals surface area contributed by atoms with Gasteiger partial charge >= 0.3 is 0 Å². The molecule has 1 aromatic carbocycles. The van der Waals surface area contributed by atoms with Crippen molar-refractivity contribution in [1.82, 2.24) is 20.5 Å². The first-order valence-electron chi connectivity index (χ1n) is 10.4. The van der Waals surface area contributed by atoms with Gasteiger partial charge in [-0.15, -0.1) is 0 Å². The summed E-state index contributed by atoms with van der Waals surface area (Å²) in [5, 5.41) is 7.93. The van der Waals surface area contributed by atoms with Crippen molar-refractivity contribution in [3.63, 3.8) is 0 Å². The van der Waals surface area contributed by atoms with E-state index in [0.717, 1.165) is 67.8 Å². The summed E-state index contributed by atoms with van der Waals surface area (Å²) >= 11 is 7.69. The molecule has 0 unspecified atom stereocenters. The fourth-order valence-electron chi connectivity index (χ4n) is 3.57. The van der Waals surface area contributed by atoms with E-state index in [4.69, 9.17) is 27.1 Å². The lowest BCUT2D eigenvalue weighted by Gasteiger charge is -2.33. The van der Waals surface area contributed by atoms with Crippen LogP contribution in [0.2, 0.25) is 5.02 Å². The van der Waals surface area contributed by atoms with Crippen LogP contribution in [0.15, 0.2) is 41.3 Å². The van der Waals surface area contributed by atoms with Gasteiger partial charge in [0.15, 0.2) is 0 Å². The molecule has 4 rings (SSSR count). The Morgan fingerprint density at radius 1 is 1.41 bits per heavy atom. The Hall–Kier alpha value is -2.66. The van der Waals surface area contributed by atoms with Crippen LogP contribution in [-0.4, -0.2) is 67.7 Å². The molecule has 170 valence electrons. The molecule has 1 amide bonds. The fourth-order valence-corrected chi connectivity index (χ4v) is 4.54. The number of nitrogens with zero attached hydrogens (tertiary/aromatic N) is 4. The van der Waals surface area contributed by atoms with Crippen LogP contribution in [0.25, 0.3) is 0 Å². The van der Waals surface area contributed by atoms with E-state index in [-0.39, 0.29) is 0 Å². The molecule has 1 fully saturated rings. The van der Waals surface area contributed by atoms with Crippen molar-refractivity contribution in [3.8, 4) is 0 Å². The van der Waals surface area contributed by atoms with Crippen molar-refractivity contribution in [2.45, 2.75) is 6.92 Å². The maximum Gasteiger partial charge on any atom is 0.260 e. The summed E-state index contributed by atoms with van der Waals surface area (Å²) in [7, 11) is 0. The first-order valence-corrected chi connectivity index (χ1v) is 11.6. The summed E-state index contributed by atoms with van der Waals surface area (Å²) < 4.78 is 5.40. The lowest BCUT2D eigenvalue weighted by atomic mass is 10.1. The third-order valence-corrected chi connectivity index (χ3v) is 6.44. The minimum Gasteiger partial charge on any atom is -0.379 e. The number of aryl methyl sites for hydroxylation is 1. The van der Waals surface area contributed by atoms with Crippen molar-refractivity contribution in [2.24, 2.45) is 10.7 Å². The highest BCUT2D eigenvalue weighted by molar-refractivity contribution is 7.17. The summed E-state index contributed by atoms with van der Waals surface area (Å²) in [5.41, 5.74) is 7.27. The molecule has 4 N–H and O–H groups in total. The van der Waals surface area contributed by atoms with Gasteiger partial charge in [-0.25, -0.2) is 9.98 Å². The fraction of sp³-hybridized carbons (Fsp3) is 0.381. The number of hydrogen-bond acceptors (Lipinski definition) is 8. The first kappa shape index (κ1) is 22.5. The summed E-state index contributed by atoms with van der Waals surface area (Å²) in [5.74, 6) is 1.02. The van der Waals surface area contributed by atoms with Gasteiger partial charge < -0.3 is 26.0 Å². The number of rotatable bonds is 7. The van der Waals surface area contributed by atoms with Crippen LogP contribution >= 0.6 is 22.9 Å². The number of para-hydroxylation sites is 1. The van der Waals surface area contributed by atoms with E-state index in [9.17, 15) is 4.79 Å². The Kier molecular flexibility index (Phi) is 7.26. The Bertz CT molecular complexity index is 1010. The number of aromatic nitrogens is 1. The van der Waals surface area contributed by atoms with Gasteiger partial charge in [0.25, 0.3) is 5.91 Å². The van der Waals surface area contributed by atoms with Gasteiger partial charge in [0.05, 0.1) is 36.8 Å². The Morgan fingerprint density at radius 2 is 2.22 bits per heavy atom. The van der Waals surface area contributed by atoms with Crippen LogP contribution in [0.1, 0.15) is 15.2 Å². The molecule has 9 nitrogen and oxygen atoms in total. The largest absolute Gasteiger partial charge is 0.379 e. The number of carbonyl (C=O) groups is 1. The zero-order valence-corrected chi connectivity index (χ0v) is 19.4. The molecule has 0 radical (unpaired) electrons. The molecule has 2 aliphatic heterocycles. The van der Waals surface area contributed by atoms with E-state index in [2.05, 4.69) is 20.5 Å². The van der Waals surface area contributed by atoms with Crippen LogP contribution in [0.5, 0.6) is 0 Å². The van der Waals surface area contributed by atoms with Gasteiger partial charge in [-0.05, 0) is 18.6 Å². The number of morpholine rings is 1. The van der Waals surface area contributed by atoms with Gasteiger partial charge in [0, 0.05) is 32.3 Å². The molecule has 0 bridgehead atoms. The second-order valence-electron chi connectivity index (χ2n) is 7.45. The highest BCUT2D eigenvalue weighted by Gasteiger charge is 2.23. The van der Waals surface area contributed by atoms with E-state index >= 15 is 0 Å². The van der Waals surface area contributed by atoms with Crippen LogP contribution in [0.3, 0.4) is 0 Å². The van der Waals surface area contributed by atoms with Crippen molar-refractivity contribution < 1.29 is 9.53 Å². The minimum atomic E-state index is -0.515. The quantitative estimate of drug-likeness (QED) is 0.562. The number of aliphatic imine (C=N–C) groups is 1. The van der Waals surface area contributed by atoms with E-state index in [1.807, 2.05) is 36.1 Å². The number of nitrogens with two attached hydrogens (primary N) is 1. The van der Waals surface area contributed by atoms with Gasteiger partial charge in [-0.2, -0.15) is 0 Å². The predicted molar refractivity (Wildman–Crippen MR) is 128 cm³/mol. The molecule has 32 heavy (non-hydrogen) atoms. The minimum absolute atomic E-state index is 0.367. The molecule has 1 aromatic heterocycles. The monoisotopic (exact) mass is 475 g/mol. The first-order chi connectivity index (χ1) is 15.5. The number of halogens is 1. The molecule has 0 aliphatic carbocycles. The second kappa shape index (κ2) is 10.3. The van der Waals surface area contributed by atoms with Crippen LogP contribution in [0, 0.1) is 6.92 Å². The highest BCUT2D eigenvalue weighted by Crippen LogP contribution is 2.31. The zero-order valence-electron chi connectivity index (χ0n) is 17.8. The Balaban J connectivity index is 1.57. The molecule has 0 saturated carbocycles. The molecule has 3 heterocycles. The number of benzene rings is 1. The summed E-state index contributed by atoms with van der Waals surface area (Å²) in [4.78, 5) is 25.1. The second-order valence-corrected chi connectivity index (χ2v) is 8.86. The number of primary amides is 1. The number of nitrogens with one attached hydrogen (secondary N) is 2. The number of carbonyl (C=O) groups excluding carboxylic acids is 1. The molecule has 1 saturated heterocycles. The molecular weight excluding hydrogens is 450 g/mol. The predicted octanol–water partition coefficient (Wildman–Crippen LogP) is 2.06. The average molecular weight is 476 g/mol. The lowest BCUT2D eigenvalue weighted by molar-refractivity contribution is 0.0386. The standard InChI is InChI=1S/C21H26ClN7O2S/c1-14-3-2-4-15(22)19(14)29-13-26-17(24-5-6-28-7-9-31-10-8-28)11-18(29)27-21-25-12-16(32-21)20(23)30/h2-4,11-12,24,26H,5-10,13H2,1H3,(H2,23,30). The number of thiazole rings is 1. The highest BCUT2D eigenvalue weighted by atomic mass is 35.5. The maximum atomic E-state index is 11.5. The SMILES string of the molecule is Cc1cccc(Cl)c1N1CNC(NCCN2CCOCC2)=CC1=Nc1ncc(C(N)=O)s1. The smallest absolute Gasteiger partial charge is 0.260 e. The summed E-state index contributed by atoms with van der Waals surface area (Å²) in [6, 6.07) is 5.78. The van der Waals surface area contributed by atoms with Crippen molar-refractivity contribution >= 4 is 45.5 Å². The van der Waals surface area contributed by atoms with E-state index < -0.39 is 5.91 Å². The van der Waals surface area contributed by atoms with E-state index in [1.165, 1.54) is 6.20 Å². The topological polar surface area (TPSA) is 108 Å². The lowest BCUT2D eigenvalue weighted by Crippen LogP contribution is -2.47. The van der Waals surface area contributed by atoms with Gasteiger partial charge in [-0.1, -0.05) is 35.1 Å². The maximum absolute atomic E-state index is 11.5. The summed E-state index contributed by atoms with van der Waals surface area (Å²) in [6.07, 6.45) is 3.38. The molecule has 0 spiro atoms. The van der Waals surface area contributed by atoms with Gasteiger partial charge in [0.2, 0.25) is 5.13 Å². The third kappa shape index (κ3) is 5.39. The molecule has 2 aromatic rings. The average Bonchev–Trinajstić information content (AvgIpc) is 3.25. The number of amides is 1. The van der Waals surface area contributed by atoms with Crippen molar-refractivity contribution in [3.05, 3.63) is 51.8 Å². The van der Waals surface area contributed by atoms with Crippen LogP contribution < -0.4 is 21.3 Å². The van der Waals surface area contributed by atoms with Crippen molar-refractivity contribution in [2.75, 3.05) is 51.0 Å². The third-order valence-electron chi connectivity index (χ3n) is 5.23. The normalized spacial score (nSPS) is 18.4. The van der Waals surface area contributed by atoms with E-state index in [1.54, 1.807) is 0 Å². The number of anilines is 1.